The van der Waals surface area contributed by atoms with Crippen LogP contribution in [0.2, 0.25) is 0 Å². The highest BCUT2D eigenvalue weighted by Gasteiger charge is 2.43. The first-order valence-electron chi connectivity index (χ1n) is 43.0. The summed E-state index contributed by atoms with van der Waals surface area (Å²) < 4.78 is 5.27. The zero-order chi connectivity index (χ0) is 95.0. The van der Waals surface area contributed by atoms with Gasteiger partial charge in [-0.25, -0.2) is 9.59 Å². The number of carbonyl (C=O) groups is 16. The SMILES string of the molecule is CC[C@H](C)[C@@H](NC(=O)[C@H](NC(=O)[C@H](NC(=O)C(C)(C)NC(=O)CNC(=O)[C@H](NC(=O)OC(C)(C)C)C(C)C)C(C)C)C(C)C)C(=O)NC(C)(C)C(=O)N[C@@H](C(=O)N[C@@H](C(=O)NC(C)(C)C(=O)NCCCCC(=O)N[C@H](C(=O)N[C@@H](Cc1ccccc1)[C@H](O)CN(Cc1ccccc1)C(=O)N[C@@H](CC(C)C)C(=O)N[C@H](C(N)=O)C(C)C)C(C)C)C(C)C)[C@@H](C)O. The summed E-state index contributed by atoms with van der Waals surface area (Å²) in [5.74, 6) is -14.3. The van der Waals surface area contributed by atoms with Crippen LogP contribution in [0.1, 0.15) is 223 Å². The average molecular weight is 1750 g/mol. The van der Waals surface area contributed by atoms with Crippen LogP contribution in [-0.2, 0) is 84.8 Å². The number of nitrogens with one attached hydrogen (secondary N) is 15. The third-order valence-electron chi connectivity index (χ3n) is 20.6. The molecule has 36 heteroatoms. The van der Waals surface area contributed by atoms with Gasteiger partial charge < -0.3 is 105 Å². The molecule has 0 saturated heterocycles. The van der Waals surface area contributed by atoms with Crippen LogP contribution in [0.3, 0.4) is 0 Å². The Labute approximate surface area is 732 Å². The number of primary amides is 1. The van der Waals surface area contributed by atoms with Crippen LogP contribution in [0.5, 0.6) is 0 Å². The predicted molar refractivity (Wildman–Crippen MR) is 469 cm³/mol. The van der Waals surface area contributed by atoms with E-state index in [1.54, 1.807) is 160 Å². The quantitative estimate of drug-likeness (QED) is 0.0423. The van der Waals surface area contributed by atoms with Crippen molar-refractivity contribution in [2.75, 3.05) is 19.6 Å². The van der Waals surface area contributed by atoms with Gasteiger partial charge in [-0.2, -0.15) is 0 Å². The molecule has 0 aromatic heterocycles. The van der Waals surface area contributed by atoms with E-state index < -0.39 is 232 Å². The maximum atomic E-state index is 14.4. The number of aliphatic hydroxyl groups excluding tert-OH is 2. The fraction of sp³-hybridized carbons (Fsp3) is 0.682. The zero-order valence-corrected chi connectivity index (χ0v) is 77.8. The summed E-state index contributed by atoms with van der Waals surface area (Å²) in [7, 11) is 0. The summed E-state index contributed by atoms with van der Waals surface area (Å²) in [4.78, 5) is 221. The highest BCUT2D eigenvalue weighted by Crippen LogP contribution is 2.20. The van der Waals surface area contributed by atoms with Gasteiger partial charge in [-0.05, 0) is 153 Å². The molecule has 2 aromatic rings. The Morgan fingerprint density at radius 3 is 1.30 bits per heavy atom. The van der Waals surface area contributed by atoms with E-state index in [0.717, 1.165) is 5.56 Å². The van der Waals surface area contributed by atoms with Crippen molar-refractivity contribution in [1.29, 1.82) is 0 Å². The number of amides is 17. The molecule has 0 spiro atoms. The zero-order valence-electron chi connectivity index (χ0n) is 77.8. The number of hydrogen-bond acceptors (Lipinski definition) is 19. The molecule has 124 heavy (non-hydrogen) atoms. The molecule has 19 N–H and O–H groups in total. The minimum atomic E-state index is -1.86. The van der Waals surface area contributed by atoms with E-state index in [1.165, 1.54) is 53.4 Å². The summed E-state index contributed by atoms with van der Waals surface area (Å²) >= 11 is 0. The molecule has 0 saturated carbocycles. The molecule has 0 aliphatic rings. The van der Waals surface area contributed by atoms with Gasteiger partial charge in [0, 0.05) is 19.5 Å². The summed E-state index contributed by atoms with van der Waals surface area (Å²) in [6.07, 6.45) is -2.78. The topological polar surface area (TPSA) is 533 Å². The first-order valence-corrected chi connectivity index (χ1v) is 43.0. The number of hydrogen-bond donors (Lipinski definition) is 18. The lowest BCUT2D eigenvalue weighted by Gasteiger charge is -2.34. The van der Waals surface area contributed by atoms with E-state index >= 15 is 0 Å². The molecular weight excluding hydrogens is 1600 g/mol. The normalized spacial score (nSPS) is 15.1. The molecule has 0 fully saturated rings. The Kier molecular flexibility index (Phi) is 44.6. The highest BCUT2D eigenvalue weighted by molar-refractivity contribution is 6.01. The number of rotatable bonds is 50. The monoisotopic (exact) mass is 1750 g/mol. The molecule has 13 atom stereocenters. The molecule has 0 unspecified atom stereocenters. The molecule has 0 heterocycles. The van der Waals surface area contributed by atoms with E-state index in [9.17, 15) is 86.9 Å². The van der Waals surface area contributed by atoms with Gasteiger partial charge >= 0.3 is 12.1 Å². The molecule has 0 aliphatic heterocycles. The van der Waals surface area contributed by atoms with E-state index in [2.05, 4.69) is 79.8 Å². The van der Waals surface area contributed by atoms with Crippen molar-refractivity contribution in [2.24, 2.45) is 53.1 Å². The number of unbranched alkanes of at least 4 members (excludes halogenated alkanes) is 1. The number of urea groups is 1. The van der Waals surface area contributed by atoms with E-state index in [-0.39, 0.29) is 63.6 Å². The van der Waals surface area contributed by atoms with Gasteiger partial charge in [-0.15, -0.1) is 0 Å². The Hall–Kier alpha value is -10.5. The molecule has 2 rings (SSSR count). The lowest BCUT2D eigenvalue weighted by atomic mass is 9.94. The predicted octanol–water partition coefficient (Wildman–Crippen LogP) is 2.92. The van der Waals surface area contributed by atoms with Crippen LogP contribution in [0, 0.1) is 47.3 Å². The summed E-state index contributed by atoms with van der Waals surface area (Å²) in [5.41, 5.74) is 1.10. The maximum Gasteiger partial charge on any atom is 0.408 e. The fourth-order valence-corrected chi connectivity index (χ4v) is 12.8. The summed E-state index contributed by atoms with van der Waals surface area (Å²) in [6.45, 7) is 40.8. The minimum Gasteiger partial charge on any atom is -0.444 e. The number of aliphatic hydroxyl groups is 2. The number of nitrogens with two attached hydrogens (primary N) is 1. The van der Waals surface area contributed by atoms with Crippen molar-refractivity contribution in [3.05, 3.63) is 71.8 Å². The van der Waals surface area contributed by atoms with E-state index in [0.29, 0.717) is 12.0 Å². The Morgan fingerprint density at radius 1 is 0.419 bits per heavy atom. The third-order valence-corrected chi connectivity index (χ3v) is 20.6. The molecule has 2 aromatic carbocycles. The van der Waals surface area contributed by atoms with Crippen LogP contribution in [-0.4, -0.2) is 224 Å². The van der Waals surface area contributed by atoms with Crippen LogP contribution in [0.15, 0.2) is 60.7 Å². The smallest absolute Gasteiger partial charge is 0.408 e. The van der Waals surface area contributed by atoms with Crippen molar-refractivity contribution in [1.82, 2.24) is 84.7 Å². The Morgan fingerprint density at radius 2 is 0.831 bits per heavy atom. The number of alkyl carbamates (subject to hydrolysis) is 1. The lowest BCUT2D eigenvalue weighted by molar-refractivity contribution is -0.140. The van der Waals surface area contributed by atoms with Crippen LogP contribution < -0.4 is 85.5 Å². The van der Waals surface area contributed by atoms with Crippen LogP contribution in [0.25, 0.3) is 0 Å². The molecule has 0 radical (unpaired) electrons. The van der Waals surface area contributed by atoms with Gasteiger partial charge in [-0.3, -0.25) is 67.1 Å². The molecule has 0 bridgehead atoms. The van der Waals surface area contributed by atoms with Crippen molar-refractivity contribution in [3.63, 3.8) is 0 Å². The number of benzene rings is 2. The van der Waals surface area contributed by atoms with Crippen molar-refractivity contribution >= 4 is 94.8 Å². The maximum absolute atomic E-state index is 14.4. The van der Waals surface area contributed by atoms with Gasteiger partial charge in [0.15, 0.2) is 0 Å². The molecule has 36 nitrogen and oxygen atoms in total. The lowest BCUT2D eigenvalue weighted by Crippen LogP contribution is -2.66. The van der Waals surface area contributed by atoms with E-state index in [4.69, 9.17) is 10.5 Å². The van der Waals surface area contributed by atoms with Gasteiger partial charge in [0.1, 0.15) is 76.6 Å². The van der Waals surface area contributed by atoms with Gasteiger partial charge in [0.2, 0.25) is 82.7 Å². The van der Waals surface area contributed by atoms with Gasteiger partial charge in [0.25, 0.3) is 0 Å². The second-order valence-corrected chi connectivity index (χ2v) is 37.2. The van der Waals surface area contributed by atoms with Crippen LogP contribution in [0.4, 0.5) is 9.59 Å². The average Bonchev–Trinajstić information content (AvgIpc) is 0.816. The number of ether oxygens (including phenoxy) is 1. The number of nitrogens with zero attached hydrogens (tertiary/aromatic N) is 1. The molecule has 698 valence electrons. The second kappa shape index (κ2) is 50.4. The summed E-state index contributed by atoms with van der Waals surface area (Å²) in [6, 6.07) is 5.03. The summed E-state index contributed by atoms with van der Waals surface area (Å²) in [5, 5.41) is 63.1. The Bertz CT molecular complexity index is 3900. The van der Waals surface area contributed by atoms with Gasteiger partial charge in [0.05, 0.1) is 31.3 Å². The minimum absolute atomic E-state index is 0.0124. The standard InChI is InChI=1S/C88H147N17O19/c1-27-54(16)69(98-75(114)66(51(10)11)96-76(115)67(52(12)13)99-81(120)87(23,24)102-62(109)44-91-73(112)64(49(6)7)101-84(123)124-85(18,19)20)79(118)104-88(25,26)82(121)100-70(55(17)106)77(116)97-68(53(14)15)78(117)103-86(21,22)80(119)90-41-35-34-40-61(108)94-65(50(8)9)74(113)92-58(43-56-36-30-28-31-37-56)60(107)46-105(45-57-38-32-29-33-39-57)83(122)93-59(42-47(2)3)72(111)95-63(48(4)5)71(89)110/h28-33,36-39,47-55,58-60,63-70,106-107H,27,34-35,40-46H2,1-26H3,(H2,89,110)(H,90,119)(H,91,112)(H,92,113)(H,93,122)(H,94,108)(H,95,111)(H,96,115)(H,97,116)(H,98,114)(H,99,120)(H,100,121)(H,101,123)(H,102,109)(H,103,117)(H,104,118)/t54-,55+,58-,59-,60+,63-,64+,65-,66+,67+,68+,69+,70+/m0/s1. The largest absolute Gasteiger partial charge is 0.444 e. The molecule has 0 aliphatic carbocycles. The van der Waals surface area contributed by atoms with Gasteiger partial charge in [-0.1, -0.05) is 178 Å². The fourth-order valence-electron chi connectivity index (χ4n) is 12.8. The van der Waals surface area contributed by atoms with Crippen LogP contribution >= 0.6 is 0 Å². The number of carbonyl (C=O) groups excluding carboxylic acids is 16. The Balaban J connectivity index is 2.18. The van der Waals surface area contributed by atoms with Crippen molar-refractivity contribution in [2.45, 2.75) is 320 Å². The highest BCUT2D eigenvalue weighted by atomic mass is 16.6. The molecule has 17 amide bonds. The van der Waals surface area contributed by atoms with Crippen molar-refractivity contribution in [3.8, 4) is 0 Å². The van der Waals surface area contributed by atoms with E-state index in [1.807, 2.05) is 32.0 Å². The second-order valence-electron chi connectivity index (χ2n) is 37.2. The van der Waals surface area contributed by atoms with Crippen molar-refractivity contribution < 1.29 is 91.7 Å². The first kappa shape index (κ1) is 110. The third kappa shape index (κ3) is 37.5. The molecular formula is C88H147N17O19. The first-order chi connectivity index (χ1) is 57.3.